The molecule has 1 saturated heterocycles. The Morgan fingerprint density at radius 2 is 1.80 bits per heavy atom. The van der Waals surface area contributed by atoms with Gasteiger partial charge in [-0.05, 0) is 40.4 Å². The number of carbonyl (C=O) groups is 1. The number of rotatable bonds is 24. The highest BCUT2D eigenvalue weighted by Crippen LogP contribution is 2.56. The quantitative estimate of drug-likeness (QED) is 0.0440. The summed E-state index contributed by atoms with van der Waals surface area (Å²) in [6, 6.07) is 3.59. The molecular formula is C38H62N9O14P2SSi2+. The number of aromatic amines is 1. The fourth-order valence-electron chi connectivity index (χ4n) is 7.92. The molecule has 9 atom stereocenters. The molecule has 1 aliphatic heterocycles. The van der Waals surface area contributed by atoms with Gasteiger partial charge in [-0.3, -0.25) is 24.4 Å². The number of hydrogen-bond acceptors (Lipinski definition) is 20. The third kappa shape index (κ3) is 12.6. The van der Waals surface area contributed by atoms with Crippen molar-refractivity contribution in [2.24, 2.45) is 11.8 Å². The van der Waals surface area contributed by atoms with Crippen molar-refractivity contribution in [2.45, 2.75) is 147 Å². The smallest absolute Gasteiger partial charge is 0.474 e. The van der Waals surface area contributed by atoms with Crippen LogP contribution in [0.5, 0.6) is 5.88 Å². The summed E-state index contributed by atoms with van der Waals surface area (Å²) in [7, 11) is -10.3. The second-order valence-corrected chi connectivity index (χ2v) is 30.0. The van der Waals surface area contributed by atoms with Crippen LogP contribution in [-0.4, -0.2) is 123 Å². The van der Waals surface area contributed by atoms with Crippen LogP contribution in [0.3, 0.4) is 0 Å². The minimum Gasteiger partial charge on any atom is -0.474 e. The number of aliphatic hydroxyl groups is 1. The molecule has 0 radical (unpaired) electrons. The zero-order valence-electron chi connectivity index (χ0n) is 38.7. The summed E-state index contributed by atoms with van der Waals surface area (Å²) in [5.74, 6) is -1.40. The van der Waals surface area contributed by atoms with Crippen molar-refractivity contribution < 1.29 is 60.3 Å². The van der Waals surface area contributed by atoms with E-state index in [0.717, 1.165) is 4.68 Å². The van der Waals surface area contributed by atoms with Crippen molar-refractivity contribution in [3.8, 4) is 11.9 Å². The average Bonchev–Trinajstić information content (AvgIpc) is 3.94. The second kappa shape index (κ2) is 23.0. The Labute approximate surface area is 391 Å². The van der Waals surface area contributed by atoms with Crippen molar-refractivity contribution in [1.29, 1.82) is 5.26 Å². The van der Waals surface area contributed by atoms with Crippen molar-refractivity contribution in [3.05, 3.63) is 28.9 Å². The summed E-state index contributed by atoms with van der Waals surface area (Å²) in [4.78, 5) is 63.2. The lowest BCUT2D eigenvalue weighted by atomic mass is 10.1. The monoisotopic (exact) mass is 1020 g/mol. The van der Waals surface area contributed by atoms with Crippen LogP contribution in [0.4, 0.5) is 5.95 Å². The van der Waals surface area contributed by atoms with E-state index in [1.165, 1.54) is 12.5 Å². The number of nitrogens with zero attached hydrogens (tertiary/aromatic N) is 7. The van der Waals surface area contributed by atoms with E-state index in [-0.39, 0.29) is 77.6 Å². The summed E-state index contributed by atoms with van der Waals surface area (Å²) in [5, 5.41) is 31.5. The van der Waals surface area contributed by atoms with Crippen molar-refractivity contribution >= 4 is 66.9 Å². The molecule has 28 heteroatoms. The lowest BCUT2D eigenvalue weighted by Gasteiger charge is -2.47. The Bertz CT molecular complexity index is 2260. The minimum absolute atomic E-state index is 0.118. The van der Waals surface area contributed by atoms with E-state index in [9.17, 15) is 34.2 Å². The highest BCUT2D eigenvalue weighted by Gasteiger charge is 2.60. The van der Waals surface area contributed by atoms with Gasteiger partial charge in [-0.15, -0.1) is 14.5 Å². The van der Waals surface area contributed by atoms with Gasteiger partial charge in [0.1, 0.15) is 36.8 Å². The van der Waals surface area contributed by atoms with Gasteiger partial charge in [0, 0.05) is 35.1 Å². The Hall–Kier alpha value is -3.10. The van der Waals surface area contributed by atoms with Gasteiger partial charge < -0.3 is 37.0 Å². The van der Waals surface area contributed by atoms with Crippen LogP contribution in [0.2, 0.25) is 22.2 Å². The molecule has 2 aliphatic rings. The molecule has 2 fully saturated rings. The van der Waals surface area contributed by atoms with Gasteiger partial charge in [0.15, 0.2) is 17.4 Å². The summed E-state index contributed by atoms with van der Waals surface area (Å²) in [6.07, 6.45) is -3.49. The third-order valence-corrected chi connectivity index (χ3v) is 24.1. The molecule has 366 valence electrons. The van der Waals surface area contributed by atoms with Crippen molar-refractivity contribution in [1.82, 2.24) is 34.9 Å². The van der Waals surface area contributed by atoms with E-state index >= 15 is 0 Å². The predicted molar refractivity (Wildman–Crippen MR) is 246 cm³/mol. The largest absolute Gasteiger partial charge is 0.695 e. The van der Waals surface area contributed by atoms with E-state index < -0.39 is 98.8 Å². The fraction of sp³-hybridized carbons (Fsp3) is 0.737. The zero-order valence-corrected chi connectivity index (χ0v) is 43.3. The SMILES string of the molecule is CC(C)C(=O)Nc1nc2c(nnn2[C@@H]2O[C@H](CO)[C@@H](O[Si](O[Si](O)(C(C)C)C(C)C)(C(C)C)C(C)C)[C@H]2O[P@@](=S)(OCCC#N)OC[C@H]2C[C@@H](Oc3ccncn3)C[C@@H]2O[P+](=O)O)c(=O)[nH]1. The first-order chi connectivity index (χ1) is 31.1. The molecule has 1 amide bonds. The molecule has 5 rings (SSSR count). The maximum absolute atomic E-state index is 13.4. The summed E-state index contributed by atoms with van der Waals surface area (Å²) in [6.45, 7) is 13.5. The first-order valence-electron chi connectivity index (χ1n) is 21.8. The highest BCUT2D eigenvalue weighted by molar-refractivity contribution is 8.07. The van der Waals surface area contributed by atoms with Crippen LogP contribution < -0.4 is 15.6 Å². The number of amides is 1. The molecule has 1 saturated carbocycles. The Balaban J connectivity index is 1.62. The number of aromatic nitrogens is 7. The molecule has 1 aliphatic carbocycles. The van der Waals surface area contributed by atoms with Crippen molar-refractivity contribution in [3.63, 3.8) is 0 Å². The number of anilines is 1. The topological polar surface area (TPSA) is 307 Å². The number of hydrogen-bond donors (Lipinski definition) is 5. The lowest BCUT2D eigenvalue weighted by Crippen LogP contribution is -2.62. The van der Waals surface area contributed by atoms with Gasteiger partial charge in [0.05, 0.1) is 32.3 Å². The van der Waals surface area contributed by atoms with Gasteiger partial charge in [-0.2, -0.15) is 14.9 Å². The molecule has 0 spiro atoms. The summed E-state index contributed by atoms with van der Waals surface area (Å²) < 4.78 is 64.9. The molecule has 23 nitrogen and oxygen atoms in total. The van der Waals surface area contributed by atoms with Gasteiger partial charge in [0.25, 0.3) is 5.56 Å². The number of nitrogens with one attached hydrogen (secondary N) is 2. The van der Waals surface area contributed by atoms with Crippen molar-refractivity contribution in [2.75, 3.05) is 25.1 Å². The lowest BCUT2D eigenvalue weighted by molar-refractivity contribution is -0.118. The van der Waals surface area contributed by atoms with E-state index in [4.69, 9.17) is 47.9 Å². The highest BCUT2D eigenvalue weighted by atomic mass is 32.5. The number of ether oxygens (including phenoxy) is 2. The molecule has 1 unspecified atom stereocenters. The molecule has 5 N–H and O–H groups in total. The second-order valence-electron chi connectivity index (χ2n) is 17.7. The number of H-pyrrole nitrogens is 1. The summed E-state index contributed by atoms with van der Waals surface area (Å²) in [5.41, 5.74) is -2.18. The van der Waals surface area contributed by atoms with Crippen LogP contribution in [-0.2, 0) is 52.5 Å². The van der Waals surface area contributed by atoms with E-state index in [1.807, 2.05) is 61.5 Å². The molecular weight excluding hydrogens is 957 g/mol. The van der Waals surface area contributed by atoms with E-state index in [1.54, 1.807) is 19.9 Å². The van der Waals surface area contributed by atoms with Gasteiger partial charge in [-0.25, -0.2) is 9.97 Å². The summed E-state index contributed by atoms with van der Waals surface area (Å²) >= 11 is 6.12. The van der Waals surface area contributed by atoms with E-state index in [2.05, 4.69) is 35.6 Å². The number of fused-ring (bicyclic) bond motifs is 1. The van der Waals surface area contributed by atoms with Crippen LogP contribution >= 0.6 is 15.0 Å². The maximum atomic E-state index is 13.4. The Kier molecular flexibility index (Phi) is 18.8. The average molecular weight is 1020 g/mol. The molecule has 0 aromatic carbocycles. The Morgan fingerprint density at radius 1 is 1.11 bits per heavy atom. The third-order valence-electron chi connectivity index (χ3n) is 11.5. The number of nitriles is 1. The van der Waals surface area contributed by atoms with Crippen LogP contribution in [0.15, 0.2) is 23.4 Å². The van der Waals surface area contributed by atoms with E-state index in [0.29, 0.717) is 0 Å². The molecule has 66 heavy (non-hydrogen) atoms. The standard InChI is InChI=1S/C38H61N9O14P2SSi2/c1-21(2)35(49)43-38-42-34-31(36(50)44-38)45-46-47(34)37-33(32(29(18-48)57-37)60-66(24(7)8,25(9)10)61-65(53,22(3)4)23(5)6)59-63(64,54-15-11-13-39)55-19-26-16-27(17-28(26)58-62(51)52)56-30-12-14-40-20-41-30/h12,14,20-29,32-33,37,48,53H,11,15-19H2,1-10H3,(H2-,42,43,44,46,49,50,51,52)/p+1/t26-,27-,28+,29-,32-,33-,37-,63-/m1/s1. The first kappa shape index (κ1) is 53.9. The number of aliphatic hydroxyl groups excluding tert-OH is 1. The molecule has 4 heterocycles. The van der Waals surface area contributed by atoms with Gasteiger partial charge in [-0.1, -0.05) is 74.5 Å². The van der Waals surface area contributed by atoms with Crippen LogP contribution in [0, 0.1) is 23.2 Å². The Morgan fingerprint density at radius 3 is 2.38 bits per heavy atom. The fourth-order valence-corrected chi connectivity index (χ4v) is 20.4. The maximum Gasteiger partial charge on any atom is 0.695 e. The molecule has 3 aromatic rings. The zero-order chi connectivity index (χ0) is 48.7. The normalized spacial score (nSPS) is 23.9. The first-order valence-corrected chi connectivity index (χ1v) is 29.5. The van der Waals surface area contributed by atoms with Crippen LogP contribution in [0.25, 0.3) is 11.2 Å². The van der Waals surface area contributed by atoms with Crippen LogP contribution in [0.1, 0.15) is 94.7 Å². The minimum atomic E-state index is -4.09. The number of carbonyl (C=O) groups excluding carboxylic acids is 1. The molecule has 0 bridgehead atoms. The van der Waals surface area contributed by atoms with Gasteiger partial charge >= 0.3 is 32.1 Å². The van der Waals surface area contributed by atoms with Gasteiger partial charge in [0.2, 0.25) is 17.7 Å². The molecule has 3 aromatic heterocycles. The predicted octanol–water partition coefficient (Wildman–Crippen LogP) is 5.16.